The average molecular weight is 409 g/mol. The molecule has 3 aromatic rings. The molecular weight excluding hydrogens is 384 g/mol. The molecule has 0 spiro atoms. The van der Waals surface area contributed by atoms with E-state index in [1.165, 1.54) is 6.33 Å². The van der Waals surface area contributed by atoms with Crippen LogP contribution in [0.3, 0.4) is 0 Å². The first-order valence-corrected chi connectivity index (χ1v) is 9.58. The van der Waals surface area contributed by atoms with Gasteiger partial charge < -0.3 is 15.2 Å². The van der Waals surface area contributed by atoms with Crippen molar-refractivity contribution in [3.05, 3.63) is 40.4 Å². The van der Waals surface area contributed by atoms with E-state index in [0.29, 0.717) is 27.8 Å². The lowest BCUT2D eigenvalue weighted by Crippen LogP contribution is -2.30. The predicted octanol–water partition coefficient (Wildman–Crippen LogP) is 4.33. The van der Waals surface area contributed by atoms with E-state index in [-0.39, 0.29) is 5.41 Å². The van der Waals surface area contributed by atoms with Crippen molar-refractivity contribution in [3.63, 3.8) is 0 Å². The zero-order valence-electron chi connectivity index (χ0n) is 17.2. The van der Waals surface area contributed by atoms with Crippen LogP contribution in [0.15, 0.2) is 24.5 Å². The number of nitrogens with zero attached hydrogens (tertiary/aromatic N) is 5. The number of aromatic amines is 2. The van der Waals surface area contributed by atoms with E-state index >= 15 is 0 Å². The fraction of sp³-hybridized carbons (Fsp3) is 0.350. The van der Waals surface area contributed by atoms with Crippen molar-refractivity contribution >= 4 is 29.5 Å². The van der Waals surface area contributed by atoms with E-state index in [9.17, 15) is 5.26 Å². The van der Waals surface area contributed by atoms with Crippen molar-refractivity contribution < 1.29 is 0 Å². The molecule has 3 rings (SSSR count). The Morgan fingerprint density at radius 2 is 2.07 bits per heavy atom. The molecule has 0 unspecified atom stereocenters. The molecule has 2 aromatic heterocycles. The molecule has 0 aliphatic rings. The van der Waals surface area contributed by atoms with Crippen LogP contribution in [0.25, 0.3) is 11.4 Å². The Hall–Kier alpha value is -3.25. The summed E-state index contributed by atoms with van der Waals surface area (Å²) < 4.78 is 0.311. The summed E-state index contributed by atoms with van der Waals surface area (Å²) in [7, 11) is 1.92. The van der Waals surface area contributed by atoms with E-state index in [2.05, 4.69) is 57.3 Å². The third kappa shape index (κ3) is 4.78. The minimum Gasteiger partial charge on any atom is -0.358 e. The Labute approximate surface area is 175 Å². The van der Waals surface area contributed by atoms with Crippen LogP contribution < -0.4 is 10.2 Å². The Morgan fingerprint density at radius 3 is 2.69 bits per heavy atom. The molecule has 8 nitrogen and oxygen atoms in total. The van der Waals surface area contributed by atoms with Crippen molar-refractivity contribution in [1.82, 2.24) is 25.1 Å². The highest BCUT2D eigenvalue weighted by atomic mass is 32.1. The molecule has 150 valence electrons. The molecule has 0 aliphatic carbocycles. The van der Waals surface area contributed by atoms with Gasteiger partial charge in [-0.25, -0.2) is 9.97 Å². The molecule has 29 heavy (non-hydrogen) atoms. The third-order valence-corrected chi connectivity index (χ3v) is 4.48. The van der Waals surface area contributed by atoms with Gasteiger partial charge in [0.25, 0.3) is 0 Å². The Balaban J connectivity index is 2.03. The molecule has 0 saturated carbocycles. The second kappa shape index (κ2) is 8.01. The van der Waals surface area contributed by atoms with Crippen LogP contribution in [0.2, 0.25) is 0 Å². The summed E-state index contributed by atoms with van der Waals surface area (Å²) in [6.07, 6.45) is 1.47. The van der Waals surface area contributed by atoms with Crippen LogP contribution in [0.4, 0.5) is 17.3 Å². The molecule has 0 fully saturated rings. The van der Waals surface area contributed by atoms with Crippen molar-refractivity contribution in [2.75, 3.05) is 23.8 Å². The second-order valence-corrected chi connectivity index (χ2v) is 8.52. The van der Waals surface area contributed by atoms with E-state index in [1.54, 1.807) is 0 Å². The van der Waals surface area contributed by atoms with Gasteiger partial charge >= 0.3 is 0 Å². The standard InChI is InChI=1S/C20H24N8S/c1-12-6-7-13(16-22-11-23-27-16)8-15(12)24-17-14(9-21)18(26-19(29)25-17)28(5)10-20(2,3)4/h6-8,11H,10H2,1-5H3,(H,22,23,27)(H2,24,25,26,29). The van der Waals surface area contributed by atoms with Gasteiger partial charge in [0.2, 0.25) is 0 Å². The van der Waals surface area contributed by atoms with Gasteiger partial charge in [-0.15, -0.1) is 0 Å². The highest BCUT2D eigenvalue weighted by Gasteiger charge is 2.20. The number of aromatic nitrogens is 5. The highest BCUT2D eigenvalue weighted by molar-refractivity contribution is 7.71. The van der Waals surface area contributed by atoms with E-state index in [4.69, 9.17) is 12.2 Å². The van der Waals surface area contributed by atoms with Gasteiger partial charge in [0.1, 0.15) is 23.8 Å². The average Bonchev–Trinajstić information content (AvgIpc) is 3.16. The number of benzene rings is 1. The van der Waals surface area contributed by atoms with Crippen molar-refractivity contribution in [2.24, 2.45) is 5.41 Å². The maximum Gasteiger partial charge on any atom is 0.200 e. The number of anilines is 3. The lowest BCUT2D eigenvalue weighted by atomic mass is 9.96. The summed E-state index contributed by atoms with van der Waals surface area (Å²) in [6, 6.07) is 8.16. The summed E-state index contributed by atoms with van der Waals surface area (Å²) in [4.78, 5) is 13.6. The van der Waals surface area contributed by atoms with Crippen LogP contribution in [0, 0.1) is 28.4 Å². The Kier molecular flexibility index (Phi) is 5.66. The summed E-state index contributed by atoms with van der Waals surface area (Å²) in [5, 5.41) is 19.9. The van der Waals surface area contributed by atoms with Crippen molar-refractivity contribution in [3.8, 4) is 17.5 Å². The van der Waals surface area contributed by atoms with Crippen LogP contribution in [0.5, 0.6) is 0 Å². The van der Waals surface area contributed by atoms with Crippen LogP contribution >= 0.6 is 12.2 Å². The fourth-order valence-electron chi connectivity index (χ4n) is 3.11. The van der Waals surface area contributed by atoms with E-state index < -0.39 is 0 Å². The fourth-order valence-corrected chi connectivity index (χ4v) is 3.30. The zero-order chi connectivity index (χ0) is 21.2. The Morgan fingerprint density at radius 1 is 1.31 bits per heavy atom. The number of nitrogens with one attached hydrogen (secondary N) is 3. The molecule has 0 saturated heterocycles. The molecule has 0 radical (unpaired) electrons. The number of rotatable bonds is 5. The molecule has 0 atom stereocenters. The molecule has 9 heteroatoms. The SMILES string of the molecule is Cc1ccc(-c2ncn[nH]2)cc1Nc1[nH]c(=S)nc(N(C)CC(C)(C)C)c1C#N. The third-order valence-electron chi connectivity index (χ3n) is 4.28. The largest absolute Gasteiger partial charge is 0.358 e. The predicted molar refractivity (Wildman–Crippen MR) is 117 cm³/mol. The monoisotopic (exact) mass is 408 g/mol. The quantitative estimate of drug-likeness (QED) is 0.539. The zero-order valence-corrected chi connectivity index (χ0v) is 18.0. The first kappa shape index (κ1) is 20.5. The van der Waals surface area contributed by atoms with Gasteiger partial charge in [-0.1, -0.05) is 32.9 Å². The molecular formula is C20H24N8S. The lowest BCUT2D eigenvalue weighted by molar-refractivity contribution is 0.417. The van der Waals surface area contributed by atoms with Crippen LogP contribution in [0.1, 0.15) is 31.9 Å². The molecule has 0 amide bonds. The summed E-state index contributed by atoms with van der Waals surface area (Å²) >= 11 is 5.33. The van der Waals surface area contributed by atoms with Gasteiger partial charge in [0.05, 0.1) is 0 Å². The molecule has 1 aromatic carbocycles. The number of nitriles is 1. The number of hydrogen-bond donors (Lipinski definition) is 3. The van der Waals surface area contributed by atoms with Gasteiger partial charge in [-0.05, 0) is 36.2 Å². The lowest BCUT2D eigenvalue weighted by Gasteiger charge is -2.28. The number of hydrogen-bond acceptors (Lipinski definition) is 7. The van der Waals surface area contributed by atoms with Crippen molar-refractivity contribution in [1.29, 1.82) is 5.26 Å². The van der Waals surface area contributed by atoms with Gasteiger partial charge in [-0.3, -0.25) is 5.10 Å². The minimum atomic E-state index is 0.0416. The van der Waals surface area contributed by atoms with Gasteiger partial charge in [-0.2, -0.15) is 10.4 Å². The normalized spacial score (nSPS) is 11.2. The molecule has 0 aliphatic heterocycles. The Bertz CT molecular complexity index is 1100. The van der Waals surface area contributed by atoms with Gasteiger partial charge in [0.15, 0.2) is 16.4 Å². The first-order chi connectivity index (χ1) is 13.7. The molecule has 2 heterocycles. The minimum absolute atomic E-state index is 0.0416. The van der Waals surface area contributed by atoms with E-state index in [0.717, 1.165) is 23.4 Å². The number of aryl methyl sites for hydroxylation is 1. The molecule has 0 bridgehead atoms. The summed E-state index contributed by atoms with van der Waals surface area (Å²) in [5.41, 5.74) is 3.18. The van der Waals surface area contributed by atoms with E-state index in [1.807, 2.05) is 37.1 Å². The van der Waals surface area contributed by atoms with Crippen molar-refractivity contribution in [2.45, 2.75) is 27.7 Å². The topological polar surface area (TPSA) is 109 Å². The second-order valence-electron chi connectivity index (χ2n) is 8.13. The maximum absolute atomic E-state index is 9.86. The number of H-pyrrole nitrogens is 2. The smallest absolute Gasteiger partial charge is 0.200 e. The van der Waals surface area contributed by atoms with Crippen LogP contribution in [-0.4, -0.2) is 38.7 Å². The first-order valence-electron chi connectivity index (χ1n) is 9.17. The summed E-state index contributed by atoms with van der Waals surface area (Å²) in [5.74, 6) is 1.74. The van der Waals surface area contributed by atoms with Crippen LogP contribution in [-0.2, 0) is 0 Å². The highest BCUT2D eigenvalue weighted by Crippen LogP contribution is 2.30. The summed E-state index contributed by atoms with van der Waals surface area (Å²) in [6.45, 7) is 9.12. The molecule has 3 N–H and O–H groups in total. The van der Waals surface area contributed by atoms with Gasteiger partial charge in [0, 0.05) is 24.8 Å². The maximum atomic E-state index is 9.86.